The number of hydrogen-bond acceptors (Lipinski definition) is 7. The lowest BCUT2D eigenvalue weighted by atomic mass is 10.1. The number of quaternary nitrogens is 1. The summed E-state index contributed by atoms with van der Waals surface area (Å²) in [5, 5.41) is 11.7. The molecule has 360 valence electrons. The second kappa shape index (κ2) is 45.1. The van der Waals surface area contributed by atoms with Crippen molar-refractivity contribution in [1.29, 1.82) is 0 Å². The molecule has 0 aromatic rings. The van der Waals surface area contributed by atoms with Crippen molar-refractivity contribution in [2.24, 2.45) is 0 Å². The third-order valence-electron chi connectivity index (χ3n) is 10.8. The SMILES string of the molecule is CCCCC/C=C/C/C=C/C/C=C/C/C=C/CCCC(=O)OCC(COCCC(C(=O)[O-])[N+](C)(C)C)OC(=O)CCCCCCCCCCC/C=C/C/C=C/C/C=C/CCCCC. The Bertz CT molecular complexity index is 1300. The molecule has 2 atom stereocenters. The molecule has 0 aliphatic carbocycles. The van der Waals surface area contributed by atoms with Gasteiger partial charge in [0.1, 0.15) is 12.6 Å². The van der Waals surface area contributed by atoms with Gasteiger partial charge in [0.25, 0.3) is 0 Å². The third kappa shape index (κ3) is 43.5. The first kappa shape index (κ1) is 59.5. The van der Waals surface area contributed by atoms with E-state index in [1.807, 2.05) is 0 Å². The van der Waals surface area contributed by atoms with Gasteiger partial charge in [-0.25, -0.2) is 0 Å². The maximum Gasteiger partial charge on any atom is 0.306 e. The van der Waals surface area contributed by atoms with E-state index in [1.54, 1.807) is 21.1 Å². The molecule has 0 radical (unpaired) electrons. The van der Waals surface area contributed by atoms with E-state index in [9.17, 15) is 19.5 Å². The number of hydrogen-bond donors (Lipinski definition) is 0. The number of aliphatic carboxylic acids is 1. The summed E-state index contributed by atoms with van der Waals surface area (Å²) in [6.45, 7) is 4.54. The van der Waals surface area contributed by atoms with Gasteiger partial charge >= 0.3 is 11.9 Å². The minimum absolute atomic E-state index is 0.0170. The standard InChI is InChI=1S/C55H93NO7/c1-6-8-10-12-14-16-18-20-22-24-25-26-27-28-30-32-34-36-38-40-42-44-46-54(58)63-51(49-61-48-47-52(55(59)60)56(3,4)5)50-62-53(57)45-43-41-39-37-35-33-31-29-23-21-19-17-15-13-11-9-7-2/h14-17,20-23,25-26,31,33,37,39,51-52H,6-13,18-19,24,27-30,32,34-36,38,40-50H2,1-5H3/b16-14+,17-15+,22-20+,23-21+,26-25+,33-31+,39-37+. The number of nitrogens with zero attached hydrogens (tertiary/aromatic N) is 1. The van der Waals surface area contributed by atoms with Crippen LogP contribution in [-0.4, -0.2) is 75.5 Å². The molecule has 63 heavy (non-hydrogen) atoms. The minimum atomic E-state index is -1.14. The number of ether oxygens (including phenoxy) is 3. The van der Waals surface area contributed by atoms with Crippen LogP contribution in [0.15, 0.2) is 85.1 Å². The molecule has 8 heteroatoms. The number of esters is 2. The van der Waals surface area contributed by atoms with Crippen LogP contribution in [0.2, 0.25) is 0 Å². The predicted molar refractivity (Wildman–Crippen MR) is 263 cm³/mol. The van der Waals surface area contributed by atoms with Gasteiger partial charge in [-0.1, -0.05) is 170 Å². The summed E-state index contributed by atoms with van der Waals surface area (Å²) in [4.78, 5) is 37.0. The zero-order valence-electron chi connectivity index (χ0n) is 41.0. The van der Waals surface area contributed by atoms with Gasteiger partial charge in [-0.3, -0.25) is 9.59 Å². The van der Waals surface area contributed by atoms with Gasteiger partial charge < -0.3 is 28.6 Å². The van der Waals surface area contributed by atoms with Crippen LogP contribution in [0, 0.1) is 0 Å². The lowest BCUT2D eigenvalue weighted by molar-refractivity contribution is -0.889. The first-order valence-electron chi connectivity index (χ1n) is 25.1. The van der Waals surface area contributed by atoms with Crippen molar-refractivity contribution >= 4 is 17.9 Å². The Hall–Kier alpha value is -3.49. The molecule has 0 N–H and O–H groups in total. The van der Waals surface area contributed by atoms with Crippen LogP contribution in [0.5, 0.6) is 0 Å². The first-order valence-corrected chi connectivity index (χ1v) is 25.1. The van der Waals surface area contributed by atoms with Crippen molar-refractivity contribution in [3.8, 4) is 0 Å². The Kier molecular flexibility index (Phi) is 42.6. The first-order chi connectivity index (χ1) is 30.6. The number of unbranched alkanes of at least 4 members (excludes halogenated alkanes) is 16. The Morgan fingerprint density at radius 3 is 1.29 bits per heavy atom. The maximum atomic E-state index is 12.8. The van der Waals surface area contributed by atoms with Crippen molar-refractivity contribution < 1.29 is 38.2 Å². The average molecular weight is 880 g/mol. The zero-order chi connectivity index (χ0) is 46.3. The Morgan fingerprint density at radius 1 is 0.476 bits per heavy atom. The summed E-state index contributed by atoms with van der Waals surface area (Å²) in [7, 11) is 5.39. The third-order valence-corrected chi connectivity index (χ3v) is 10.8. The Labute approximate surface area is 386 Å². The van der Waals surface area contributed by atoms with Crippen molar-refractivity contribution in [3.05, 3.63) is 85.1 Å². The molecule has 0 heterocycles. The van der Waals surface area contributed by atoms with E-state index >= 15 is 0 Å². The van der Waals surface area contributed by atoms with Crippen molar-refractivity contribution in [2.45, 2.75) is 206 Å². The average Bonchev–Trinajstić information content (AvgIpc) is 3.24. The number of carboxylic acid groups (broad SMARTS) is 1. The highest BCUT2D eigenvalue weighted by Gasteiger charge is 2.25. The molecule has 0 spiro atoms. The number of carbonyl (C=O) groups excluding carboxylic acids is 3. The lowest BCUT2D eigenvalue weighted by Crippen LogP contribution is -2.55. The minimum Gasteiger partial charge on any atom is -0.544 e. The van der Waals surface area contributed by atoms with Crippen molar-refractivity contribution in [1.82, 2.24) is 0 Å². The van der Waals surface area contributed by atoms with Crippen LogP contribution in [0.4, 0.5) is 0 Å². The summed E-state index contributed by atoms with van der Waals surface area (Å²) >= 11 is 0. The van der Waals surface area contributed by atoms with Crippen LogP contribution in [0.1, 0.15) is 194 Å². The lowest BCUT2D eigenvalue weighted by Gasteiger charge is -2.34. The van der Waals surface area contributed by atoms with Gasteiger partial charge in [-0.05, 0) is 89.9 Å². The highest BCUT2D eigenvalue weighted by atomic mass is 16.6. The summed E-state index contributed by atoms with van der Waals surface area (Å²) in [6, 6.07) is -0.740. The van der Waals surface area contributed by atoms with E-state index in [2.05, 4.69) is 98.9 Å². The second-order valence-electron chi connectivity index (χ2n) is 17.7. The molecule has 0 aromatic heterocycles. The highest BCUT2D eigenvalue weighted by molar-refractivity contribution is 5.70. The van der Waals surface area contributed by atoms with Crippen LogP contribution in [-0.2, 0) is 28.6 Å². The predicted octanol–water partition coefficient (Wildman–Crippen LogP) is 13.1. The second-order valence-corrected chi connectivity index (χ2v) is 17.7. The quantitative estimate of drug-likeness (QED) is 0.0260. The van der Waals surface area contributed by atoms with Gasteiger partial charge in [0.05, 0.1) is 40.3 Å². The van der Waals surface area contributed by atoms with E-state index in [-0.39, 0.29) is 49.1 Å². The monoisotopic (exact) mass is 880 g/mol. The number of likely N-dealkylation sites (N-methyl/N-ethyl adjacent to an activating group) is 1. The fraction of sp³-hybridized carbons (Fsp3) is 0.691. The fourth-order valence-corrected chi connectivity index (χ4v) is 6.83. The maximum absolute atomic E-state index is 12.8. The summed E-state index contributed by atoms with van der Waals surface area (Å²) in [5.41, 5.74) is 0. The fourth-order valence-electron chi connectivity index (χ4n) is 6.83. The van der Waals surface area contributed by atoms with E-state index in [4.69, 9.17) is 14.2 Å². The number of rotatable bonds is 44. The van der Waals surface area contributed by atoms with Gasteiger partial charge in [0, 0.05) is 19.3 Å². The zero-order valence-corrected chi connectivity index (χ0v) is 41.0. The van der Waals surface area contributed by atoms with Gasteiger partial charge in [0.15, 0.2) is 6.10 Å². The molecule has 8 nitrogen and oxygen atoms in total. The molecule has 0 aliphatic rings. The molecule has 0 rings (SSSR count). The number of carboxylic acids is 1. The highest BCUT2D eigenvalue weighted by Crippen LogP contribution is 2.14. The van der Waals surface area contributed by atoms with E-state index in [0.29, 0.717) is 12.8 Å². The summed E-state index contributed by atoms with van der Waals surface area (Å²) in [6.07, 6.45) is 59.0. The molecule has 0 amide bonds. The van der Waals surface area contributed by atoms with Crippen LogP contribution < -0.4 is 5.11 Å². The normalized spacial score (nSPS) is 13.6. The van der Waals surface area contributed by atoms with E-state index < -0.39 is 18.1 Å². The molecule has 2 unspecified atom stereocenters. The molecule has 0 fully saturated rings. The van der Waals surface area contributed by atoms with Gasteiger partial charge in [-0.2, -0.15) is 0 Å². The van der Waals surface area contributed by atoms with Crippen LogP contribution in [0.3, 0.4) is 0 Å². The number of carbonyl (C=O) groups is 3. The number of allylic oxidation sites excluding steroid dienone is 14. The molecule has 0 aromatic carbocycles. The Morgan fingerprint density at radius 2 is 0.857 bits per heavy atom. The molecule has 0 bridgehead atoms. The van der Waals surface area contributed by atoms with Crippen LogP contribution in [0.25, 0.3) is 0 Å². The molecular formula is C55H93NO7. The molecule has 0 saturated heterocycles. The summed E-state index contributed by atoms with van der Waals surface area (Å²) < 4.78 is 17.2. The Balaban J connectivity index is 4.36. The van der Waals surface area contributed by atoms with Crippen molar-refractivity contribution in [3.63, 3.8) is 0 Å². The van der Waals surface area contributed by atoms with E-state index in [1.165, 1.54) is 89.9 Å². The van der Waals surface area contributed by atoms with Gasteiger partial charge in [0.2, 0.25) is 0 Å². The topological polar surface area (TPSA) is 102 Å². The van der Waals surface area contributed by atoms with Crippen LogP contribution >= 0.6 is 0 Å². The van der Waals surface area contributed by atoms with E-state index in [0.717, 1.165) is 64.2 Å². The summed E-state index contributed by atoms with van der Waals surface area (Å²) in [5.74, 6) is -1.82. The largest absolute Gasteiger partial charge is 0.544 e. The smallest absolute Gasteiger partial charge is 0.306 e. The molecular weight excluding hydrogens is 787 g/mol. The molecule has 0 aliphatic heterocycles. The molecule has 0 saturated carbocycles. The van der Waals surface area contributed by atoms with Crippen molar-refractivity contribution in [2.75, 3.05) is 41.0 Å². The van der Waals surface area contributed by atoms with Gasteiger partial charge in [-0.15, -0.1) is 0 Å².